The molecule has 1 saturated heterocycles. The Hall–Kier alpha value is -1.04. The van der Waals surface area contributed by atoms with E-state index in [-0.39, 0.29) is 6.04 Å². The van der Waals surface area contributed by atoms with E-state index in [0.29, 0.717) is 11.7 Å². The predicted octanol–water partition coefficient (Wildman–Crippen LogP) is 3.48. The summed E-state index contributed by atoms with van der Waals surface area (Å²) in [5.74, 6) is 0.920. The number of rotatable bonds is 2. The molecule has 1 unspecified atom stereocenters. The average Bonchev–Trinajstić information content (AvgIpc) is 2.62. The van der Waals surface area contributed by atoms with Crippen LogP contribution >= 0.6 is 11.6 Å². The van der Waals surface area contributed by atoms with E-state index >= 15 is 0 Å². The zero-order valence-electron chi connectivity index (χ0n) is 10.3. The number of hydrogen-bond donors (Lipinski definition) is 0. The third kappa shape index (κ3) is 3.49. The molecular formula is C12H15ClF3N3. The summed E-state index contributed by atoms with van der Waals surface area (Å²) in [5, 5.41) is 6.97. The van der Waals surface area contributed by atoms with Gasteiger partial charge >= 0.3 is 6.18 Å². The standard InChI is InChI=1S/C12H15ClF3N3/c13-8-9-4-2-1-3-7-19(9)11-6-5-10(17-18-11)12(14,15)16/h5-6,9H,1-4,7-8H2. The van der Waals surface area contributed by atoms with Crippen molar-refractivity contribution in [2.24, 2.45) is 0 Å². The molecule has 1 aromatic heterocycles. The Kier molecular flexibility index (Phi) is 4.50. The lowest BCUT2D eigenvalue weighted by molar-refractivity contribution is -0.141. The molecule has 1 atom stereocenters. The molecule has 0 bridgehead atoms. The van der Waals surface area contributed by atoms with Crippen LogP contribution in [-0.4, -0.2) is 28.7 Å². The topological polar surface area (TPSA) is 29.0 Å². The summed E-state index contributed by atoms with van der Waals surface area (Å²) in [6.45, 7) is 0.761. The van der Waals surface area contributed by atoms with E-state index in [2.05, 4.69) is 10.2 Å². The van der Waals surface area contributed by atoms with Gasteiger partial charge in [0.15, 0.2) is 11.5 Å². The monoisotopic (exact) mass is 293 g/mol. The molecule has 1 fully saturated rings. The first kappa shape index (κ1) is 14.4. The minimum absolute atomic E-state index is 0.121. The quantitative estimate of drug-likeness (QED) is 0.782. The van der Waals surface area contributed by atoms with Crippen molar-refractivity contribution in [3.63, 3.8) is 0 Å². The summed E-state index contributed by atoms with van der Waals surface area (Å²) in [6, 6.07) is 2.47. The van der Waals surface area contributed by atoms with Gasteiger partial charge in [-0.05, 0) is 25.0 Å². The molecule has 0 aromatic carbocycles. The Bertz CT molecular complexity index is 408. The molecule has 0 aliphatic carbocycles. The zero-order chi connectivity index (χ0) is 13.9. The zero-order valence-corrected chi connectivity index (χ0v) is 11.1. The van der Waals surface area contributed by atoms with Gasteiger partial charge in [-0.3, -0.25) is 0 Å². The van der Waals surface area contributed by atoms with Crippen LogP contribution in [0.5, 0.6) is 0 Å². The molecule has 2 heterocycles. The number of nitrogens with zero attached hydrogens (tertiary/aromatic N) is 3. The molecule has 7 heteroatoms. The molecule has 0 radical (unpaired) electrons. The Labute approximate surface area is 114 Å². The highest BCUT2D eigenvalue weighted by atomic mass is 35.5. The van der Waals surface area contributed by atoms with Gasteiger partial charge in [-0.15, -0.1) is 21.8 Å². The van der Waals surface area contributed by atoms with Gasteiger partial charge in [0, 0.05) is 18.5 Å². The Morgan fingerprint density at radius 3 is 2.58 bits per heavy atom. The molecule has 1 aromatic rings. The van der Waals surface area contributed by atoms with Crippen LogP contribution in [0.3, 0.4) is 0 Å². The first-order valence-electron chi connectivity index (χ1n) is 6.26. The average molecular weight is 294 g/mol. The minimum Gasteiger partial charge on any atom is -0.351 e. The molecular weight excluding hydrogens is 279 g/mol. The number of hydrogen-bond acceptors (Lipinski definition) is 3. The molecule has 2 rings (SSSR count). The van der Waals surface area contributed by atoms with Crippen molar-refractivity contribution >= 4 is 17.4 Å². The van der Waals surface area contributed by atoms with Crippen molar-refractivity contribution in [3.8, 4) is 0 Å². The van der Waals surface area contributed by atoms with E-state index in [1.807, 2.05) is 4.90 Å². The third-order valence-corrected chi connectivity index (χ3v) is 3.65. The van der Waals surface area contributed by atoms with E-state index in [9.17, 15) is 13.2 Å². The lowest BCUT2D eigenvalue weighted by Gasteiger charge is -2.29. The molecule has 0 N–H and O–H groups in total. The van der Waals surface area contributed by atoms with Crippen LogP contribution in [0.15, 0.2) is 12.1 Å². The van der Waals surface area contributed by atoms with Crippen molar-refractivity contribution in [1.82, 2.24) is 10.2 Å². The summed E-state index contributed by atoms with van der Waals surface area (Å²) in [5.41, 5.74) is -0.964. The van der Waals surface area contributed by atoms with Crippen molar-refractivity contribution in [2.45, 2.75) is 37.9 Å². The van der Waals surface area contributed by atoms with Gasteiger partial charge in [0.1, 0.15) is 0 Å². The lowest BCUT2D eigenvalue weighted by Crippen LogP contribution is -2.37. The van der Waals surface area contributed by atoms with E-state index in [1.165, 1.54) is 6.07 Å². The highest BCUT2D eigenvalue weighted by Crippen LogP contribution is 2.29. The van der Waals surface area contributed by atoms with E-state index < -0.39 is 11.9 Å². The first-order valence-corrected chi connectivity index (χ1v) is 6.79. The van der Waals surface area contributed by atoms with Gasteiger partial charge < -0.3 is 4.90 Å². The maximum atomic E-state index is 12.4. The molecule has 0 spiro atoms. The molecule has 0 saturated carbocycles. The largest absolute Gasteiger partial charge is 0.435 e. The van der Waals surface area contributed by atoms with Gasteiger partial charge in [0.05, 0.1) is 0 Å². The summed E-state index contributed by atoms with van der Waals surface area (Å²) in [7, 11) is 0. The normalized spacial score (nSPS) is 21.3. The van der Waals surface area contributed by atoms with Crippen molar-refractivity contribution in [2.75, 3.05) is 17.3 Å². The fourth-order valence-electron chi connectivity index (χ4n) is 2.27. The van der Waals surface area contributed by atoms with Crippen molar-refractivity contribution in [3.05, 3.63) is 17.8 Å². The van der Waals surface area contributed by atoms with Crippen LogP contribution in [0.2, 0.25) is 0 Å². The number of anilines is 1. The molecule has 0 amide bonds. The fourth-order valence-corrected chi connectivity index (χ4v) is 2.59. The second kappa shape index (κ2) is 5.94. The summed E-state index contributed by atoms with van der Waals surface area (Å²) in [6.07, 6.45) is -0.321. The number of halogens is 4. The first-order chi connectivity index (χ1) is 9.02. The summed E-state index contributed by atoms with van der Waals surface area (Å²) >= 11 is 5.93. The van der Waals surface area contributed by atoms with Crippen molar-refractivity contribution < 1.29 is 13.2 Å². The Morgan fingerprint density at radius 2 is 2.00 bits per heavy atom. The van der Waals surface area contributed by atoms with Crippen LogP contribution in [0.1, 0.15) is 31.4 Å². The van der Waals surface area contributed by atoms with E-state index in [4.69, 9.17) is 11.6 Å². The van der Waals surface area contributed by atoms with Gasteiger partial charge in [-0.1, -0.05) is 12.8 Å². The Morgan fingerprint density at radius 1 is 1.21 bits per heavy atom. The van der Waals surface area contributed by atoms with Crippen molar-refractivity contribution in [1.29, 1.82) is 0 Å². The molecule has 106 valence electrons. The number of alkyl halides is 4. The fraction of sp³-hybridized carbons (Fsp3) is 0.667. The molecule has 3 nitrogen and oxygen atoms in total. The van der Waals surface area contributed by atoms with E-state index in [1.54, 1.807) is 0 Å². The molecule has 19 heavy (non-hydrogen) atoms. The van der Waals surface area contributed by atoms with Crippen LogP contribution < -0.4 is 4.90 Å². The van der Waals surface area contributed by atoms with Crippen LogP contribution in [0.4, 0.5) is 19.0 Å². The minimum atomic E-state index is -4.45. The smallest absolute Gasteiger partial charge is 0.351 e. The van der Waals surface area contributed by atoms with Gasteiger partial charge in [-0.2, -0.15) is 13.2 Å². The summed E-state index contributed by atoms with van der Waals surface area (Å²) < 4.78 is 37.3. The van der Waals surface area contributed by atoms with Gasteiger partial charge in [0.2, 0.25) is 0 Å². The highest BCUT2D eigenvalue weighted by molar-refractivity contribution is 6.18. The predicted molar refractivity (Wildman–Crippen MR) is 67.4 cm³/mol. The molecule has 1 aliphatic heterocycles. The lowest BCUT2D eigenvalue weighted by atomic mass is 10.1. The van der Waals surface area contributed by atoms with Gasteiger partial charge in [0.25, 0.3) is 0 Å². The Balaban J connectivity index is 2.19. The van der Waals surface area contributed by atoms with E-state index in [0.717, 1.165) is 38.3 Å². The second-order valence-electron chi connectivity index (χ2n) is 4.63. The SMILES string of the molecule is FC(F)(F)c1ccc(N2CCCCCC2CCl)nn1. The maximum absolute atomic E-state index is 12.4. The van der Waals surface area contributed by atoms with Crippen LogP contribution in [0, 0.1) is 0 Å². The third-order valence-electron chi connectivity index (χ3n) is 3.29. The maximum Gasteiger partial charge on any atom is 0.435 e. The van der Waals surface area contributed by atoms with Crippen LogP contribution in [0.25, 0.3) is 0 Å². The summed E-state index contributed by atoms with van der Waals surface area (Å²) in [4.78, 5) is 1.97. The second-order valence-corrected chi connectivity index (χ2v) is 4.93. The van der Waals surface area contributed by atoms with Crippen LogP contribution in [-0.2, 0) is 6.18 Å². The number of aromatic nitrogens is 2. The molecule has 1 aliphatic rings. The van der Waals surface area contributed by atoms with Gasteiger partial charge in [-0.25, -0.2) is 0 Å². The highest BCUT2D eigenvalue weighted by Gasteiger charge is 2.33.